The quantitative estimate of drug-likeness (QED) is 0.525. The van der Waals surface area contributed by atoms with Crippen molar-refractivity contribution in [1.82, 2.24) is 5.32 Å². The minimum atomic E-state index is -0.819. The topological polar surface area (TPSA) is 64.6 Å². The van der Waals surface area contributed by atoms with Crippen LogP contribution in [0.5, 0.6) is 5.75 Å². The molecule has 0 aliphatic heterocycles. The third kappa shape index (κ3) is 7.35. The summed E-state index contributed by atoms with van der Waals surface area (Å²) in [5.74, 6) is 0.685. The Kier molecular flexibility index (Phi) is 8.20. The van der Waals surface area contributed by atoms with E-state index < -0.39 is 6.10 Å². The van der Waals surface area contributed by atoms with Gasteiger partial charge in [0.1, 0.15) is 5.75 Å². The van der Waals surface area contributed by atoms with Crippen LogP contribution < -0.4 is 10.1 Å². The molecule has 1 atom stereocenters. The summed E-state index contributed by atoms with van der Waals surface area (Å²) >= 11 is 1.59. The Labute approximate surface area is 164 Å². The monoisotopic (exact) mass is 387 g/mol. The fraction of sp³-hybridized carbons (Fsp3) is 0.333. The van der Waals surface area contributed by atoms with E-state index in [2.05, 4.69) is 5.32 Å². The largest absolute Gasteiger partial charge is 0.497 e. The van der Waals surface area contributed by atoms with Crippen LogP contribution in [0.3, 0.4) is 0 Å². The van der Waals surface area contributed by atoms with Gasteiger partial charge in [0, 0.05) is 17.2 Å². The van der Waals surface area contributed by atoms with Crippen LogP contribution in [0.4, 0.5) is 0 Å². The number of aryl methyl sites for hydroxylation is 1. The number of carbonyl (C=O) groups is 2. The van der Waals surface area contributed by atoms with Crippen molar-refractivity contribution in [3.05, 3.63) is 59.7 Å². The van der Waals surface area contributed by atoms with Gasteiger partial charge in [-0.05, 0) is 43.7 Å². The van der Waals surface area contributed by atoms with E-state index >= 15 is 0 Å². The zero-order valence-corrected chi connectivity index (χ0v) is 16.7. The van der Waals surface area contributed by atoms with Gasteiger partial charge in [0.15, 0.2) is 6.10 Å². The second-order valence-electron chi connectivity index (χ2n) is 6.11. The number of esters is 1. The maximum atomic E-state index is 12.1. The lowest BCUT2D eigenvalue weighted by molar-refractivity contribution is -0.154. The van der Waals surface area contributed by atoms with Crippen molar-refractivity contribution < 1.29 is 19.1 Å². The molecular weight excluding hydrogens is 362 g/mol. The van der Waals surface area contributed by atoms with Crippen LogP contribution in [-0.2, 0) is 20.9 Å². The minimum absolute atomic E-state index is 0.259. The molecule has 0 spiro atoms. The van der Waals surface area contributed by atoms with Crippen LogP contribution in [0.25, 0.3) is 0 Å². The van der Waals surface area contributed by atoms with Crippen LogP contribution in [0.2, 0.25) is 0 Å². The van der Waals surface area contributed by atoms with E-state index in [9.17, 15) is 9.59 Å². The average molecular weight is 388 g/mol. The fourth-order valence-electron chi connectivity index (χ4n) is 2.27. The van der Waals surface area contributed by atoms with Gasteiger partial charge in [0.2, 0.25) is 0 Å². The summed E-state index contributed by atoms with van der Waals surface area (Å²) in [6.45, 7) is 3.98. The smallest absolute Gasteiger partial charge is 0.307 e. The molecule has 5 nitrogen and oxygen atoms in total. The second-order valence-corrected chi connectivity index (χ2v) is 7.28. The number of nitrogens with one attached hydrogen (secondary N) is 1. The molecule has 2 aromatic rings. The first-order valence-electron chi connectivity index (χ1n) is 8.77. The second kappa shape index (κ2) is 10.6. The number of benzene rings is 2. The lowest BCUT2D eigenvalue weighted by Gasteiger charge is -2.13. The molecule has 0 heterocycles. The summed E-state index contributed by atoms with van der Waals surface area (Å²) < 4.78 is 10.3. The van der Waals surface area contributed by atoms with Crippen LogP contribution >= 0.6 is 11.8 Å². The highest BCUT2D eigenvalue weighted by Crippen LogP contribution is 2.19. The van der Waals surface area contributed by atoms with Gasteiger partial charge in [-0.15, -0.1) is 11.8 Å². The number of carbonyl (C=O) groups excluding carboxylic acids is 2. The van der Waals surface area contributed by atoms with Crippen molar-refractivity contribution >= 4 is 23.6 Å². The lowest BCUT2D eigenvalue weighted by Crippen LogP contribution is -2.35. The number of methoxy groups -OCH3 is 1. The zero-order chi connectivity index (χ0) is 19.6. The molecule has 27 heavy (non-hydrogen) atoms. The highest BCUT2D eigenvalue weighted by molar-refractivity contribution is 7.99. The summed E-state index contributed by atoms with van der Waals surface area (Å²) in [6.07, 6.45) is -0.561. The van der Waals surface area contributed by atoms with E-state index in [1.807, 2.05) is 55.5 Å². The molecular formula is C21H25NO4S. The van der Waals surface area contributed by atoms with Crippen molar-refractivity contribution in [1.29, 1.82) is 0 Å². The van der Waals surface area contributed by atoms with Gasteiger partial charge < -0.3 is 14.8 Å². The molecule has 1 amide bonds. The lowest BCUT2D eigenvalue weighted by atomic mass is 10.2. The Bertz CT molecular complexity index is 744. The molecule has 0 bridgehead atoms. The van der Waals surface area contributed by atoms with Crippen molar-refractivity contribution in [2.24, 2.45) is 0 Å². The van der Waals surface area contributed by atoms with E-state index in [1.54, 1.807) is 25.8 Å². The molecule has 144 valence electrons. The summed E-state index contributed by atoms with van der Waals surface area (Å²) in [6, 6.07) is 15.5. The molecule has 0 fully saturated rings. The first kappa shape index (κ1) is 20.8. The summed E-state index contributed by atoms with van der Waals surface area (Å²) in [7, 11) is 1.60. The number of hydrogen-bond donors (Lipinski definition) is 1. The Morgan fingerprint density at radius 3 is 2.37 bits per heavy atom. The van der Waals surface area contributed by atoms with E-state index in [0.717, 1.165) is 16.2 Å². The number of ether oxygens (including phenoxy) is 2. The van der Waals surface area contributed by atoms with Gasteiger partial charge in [0.25, 0.3) is 5.91 Å². The normalized spacial score (nSPS) is 11.5. The van der Waals surface area contributed by atoms with Crippen LogP contribution in [0.15, 0.2) is 53.4 Å². The molecule has 1 N–H and O–H groups in total. The number of rotatable bonds is 9. The predicted molar refractivity (Wildman–Crippen MR) is 107 cm³/mol. The standard InChI is InChI=1S/C21H25NO4S/c1-15-4-10-19(11-5-15)27-13-12-20(23)26-16(2)21(24)22-14-17-6-8-18(25-3)9-7-17/h4-11,16H,12-14H2,1-3H3,(H,22,24)/t16-/m1/s1. The first-order chi connectivity index (χ1) is 13.0. The average Bonchev–Trinajstić information content (AvgIpc) is 2.68. The zero-order valence-electron chi connectivity index (χ0n) is 15.9. The molecule has 0 saturated heterocycles. The molecule has 0 saturated carbocycles. The Morgan fingerprint density at radius 2 is 1.74 bits per heavy atom. The molecule has 2 aromatic carbocycles. The van der Waals surface area contributed by atoms with E-state index in [1.165, 1.54) is 5.56 Å². The van der Waals surface area contributed by atoms with Gasteiger partial charge in [0.05, 0.1) is 13.5 Å². The van der Waals surface area contributed by atoms with Crippen LogP contribution in [0.1, 0.15) is 24.5 Å². The SMILES string of the molecule is COc1ccc(CNC(=O)[C@@H](C)OC(=O)CCSc2ccc(C)cc2)cc1. The number of thioether (sulfide) groups is 1. The molecule has 0 radical (unpaired) electrons. The molecule has 6 heteroatoms. The van der Waals surface area contributed by atoms with Crippen molar-refractivity contribution in [3.63, 3.8) is 0 Å². The minimum Gasteiger partial charge on any atom is -0.497 e. The Hall–Kier alpha value is -2.47. The van der Waals surface area contributed by atoms with E-state index in [4.69, 9.17) is 9.47 Å². The summed E-state index contributed by atoms with van der Waals surface area (Å²) in [4.78, 5) is 25.1. The molecule has 0 aliphatic rings. The highest BCUT2D eigenvalue weighted by atomic mass is 32.2. The van der Waals surface area contributed by atoms with Crippen LogP contribution in [-0.4, -0.2) is 30.8 Å². The predicted octanol–water partition coefficient (Wildman–Crippen LogP) is 3.73. The highest BCUT2D eigenvalue weighted by Gasteiger charge is 2.17. The third-order valence-corrected chi connectivity index (χ3v) is 4.91. The van der Waals surface area contributed by atoms with Gasteiger partial charge in [-0.25, -0.2) is 0 Å². The van der Waals surface area contributed by atoms with Gasteiger partial charge in [-0.3, -0.25) is 9.59 Å². The van der Waals surface area contributed by atoms with Crippen molar-refractivity contribution in [2.45, 2.75) is 37.8 Å². The Balaban J connectivity index is 1.67. The van der Waals surface area contributed by atoms with Gasteiger partial charge in [-0.2, -0.15) is 0 Å². The van der Waals surface area contributed by atoms with Crippen molar-refractivity contribution in [3.8, 4) is 5.75 Å². The van der Waals surface area contributed by atoms with Crippen molar-refractivity contribution in [2.75, 3.05) is 12.9 Å². The van der Waals surface area contributed by atoms with E-state index in [0.29, 0.717) is 12.3 Å². The number of hydrogen-bond acceptors (Lipinski definition) is 5. The Morgan fingerprint density at radius 1 is 1.07 bits per heavy atom. The van der Waals surface area contributed by atoms with Gasteiger partial charge >= 0.3 is 5.97 Å². The molecule has 0 aliphatic carbocycles. The fourth-order valence-corrected chi connectivity index (χ4v) is 3.11. The summed E-state index contributed by atoms with van der Waals surface area (Å²) in [5.41, 5.74) is 2.14. The third-order valence-electron chi connectivity index (χ3n) is 3.90. The molecule has 0 unspecified atom stereocenters. The molecule has 0 aromatic heterocycles. The first-order valence-corrected chi connectivity index (χ1v) is 9.76. The maximum absolute atomic E-state index is 12.1. The number of amides is 1. The summed E-state index contributed by atoms with van der Waals surface area (Å²) in [5, 5.41) is 2.77. The van der Waals surface area contributed by atoms with Gasteiger partial charge in [-0.1, -0.05) is 29.8 Å². The van der Waals surface area contributed by atoms with Crippen LogP contribution in [0, 0.1) is 6.92 Å². The maximum Gasteiger partial charge on any atom is 0.307 e. The van der Waals surface area contributed by atoms with E-state index in [-0.39, 0.29) is 18.3 Å². The molecule has 2 rings (SSSR count).